The van der Waals surface area contributed by atoms with E-state index in [0.717, 1.165) is 41.8 Å². The first kappa shape index (κ1) is 13.6. The van der Waals surface area contributed by atoms with Crippen molar-refractivity contribution in [1.29, 1.82) is 0 Å². The van der Waals surface area contributed by atoms with E-state index in [1.165, 1.54) is 0 Å². The SMILES string of the molecule is COc1cccc(C23CCCN2C(=O)c2ccc(Cl)cc23)c1. The van der Waals surface area contributed by atoms with Crippen molar-refractivity contribution in [3.8, 4) is 5.75 Å². The summed E-state index contributed by atoms with van der Waals surface area (Å²) in [6.07, 6.45) is 1.91. The van der Waals surface area contributed by atoms with Crippen LogP contribution in [0.4, 0.5) is 0 Å². The van der Waals surface area contributed by atoms with Crippen molar-refractivity contribution in [2.45, 2.75) is 18.4 Å². The Bertz CT molecular complexity index is 773. The summed E-state index contributed by atoms with van der Waals surface area (Å²) in [5, 5.41) is 0.669. The molecule has 0 aromatic heterocycles. The van der Waals surface area contributed by atoms with Gasteiger partial charge >= 0.3 is 0 Å². The molecule has 1 saturated heterocycles. The van der Waals surface area contributed by atoms with Crippen molar-refractivity contribution in [1.82, 2.24) is 4.90 Å². The van der Waals surface area contributed by atoms with Gasteiger partial charge in [0.2, 0.25) is 0 Å². The van der Waals surface area contributed by atoms with Gasteiger partial charge in [-0.1, -0.05) is 23.7 Å². The number of hydrogen-bond donors (Lipinski definition) is 0. The second kappa shape index (κ2) is 4.75. The number of amides is 1. The second-order valence-corrected chi connectivity index (χ2v) is 6.28. The molecule has 0 radical (unpaired) electrons. The zero-order valence-corrected chi connectivity index (χ0v) is 13.1. The van der Waals surface area contributed by atoms with E-state index < -0.39 is 5.54 Å². The second-order valence-electron chi connectivity index (χ2n) is 5.84. The Labute approximate surface area is 134 Å². The molecule has 1 fully saturated rings. The number of ether oxygens (including phenoxy) is 1. The Hall–Kier alpha value is -2.00. The molecule has 22 heavy (non-hydrogen) atoms. The van der Waals surface area contributed by atoms with Crippen LogP contribution >= 0.6 is 11.6 Å². The maximum absolute atomic E-state index is 12.8. The first-order chi connectivity index (χ1) is 10.7. The predicted octanol–water partition coefficient (Wildman–Crippen LogP) is 3.84. The van der Waals surface area contributed by atoms with Gasteiger partial charge in [-0.15, -0.1) is 0 Å². The van der Waals surface area contributed by atoms with Crippen molar-refractivity contribution >= 4 is 17.5 Å². The molecule has 0 aliphatic carbocycles. The molecule has 0 bridgehead atoms. The number of carbonyl (C=O) groups is 1. The number of nitrogens with zero attached hydrogens (tertiary/aromatic N) is 1. The Morgan fingerprint density at radius 3 is 2.91 bits per heavy atom. The smallest absolute Gasteiger partial charge is 0.255 e. The van der Waals surface area contributed by atoms with Gasteiger partial charge in [-0.25, -0.2) is 0 Å². The lowest BCUT2D eigenvalue weighted by Crippen LogP contribution is -2.39. The molecule has 4 heteroatoms. The number of carbonyl (C=O) groups excluding carboxylic acids is 1. The number of benzene rings is 2. The molecule has 0 N–H and O–H groups in total. The van der Waals surface area contributed by atoms with Crippen molar-refractivity contribution in [3.63, 3.8) is 0 Å². The third kappa shape index (κ3) is 1.66. The summed E-state index contributed by atoms with van der Waals surface area (Å²) in [5.74, 6) is 0.911. The molecule has 4 rings (SSSR count). The van der Waals surface area contributed by atoms with E-state index >= 15 is 0 Å². The summed E-state index contributed by atoms with van der Waals surface area (Å²) in [6, 6.07) is 13.6. The molecule has 2 aromatic carbocycles. The molecule has 2 aliphatic rings. The summed E-state index contributed by atoms with van der Waals surface area (Å²) in [5.41, 5.74) is 2.49. The average molecular weight is 314 g/mol. The maximum atomic E-state index is 12.8. The average Bonchev–Trinajstić information content (AvgIpc) is 3.08. The lowest BCUT2D eigenvalue weighted by Gasteiger charge is -2.34. The normalized spacial score (nSPS) is 22.6. The highest BCUT2D eigenvalue weighted by atomic mass is 35.5. The number of methoxy groups -OCH3 is 1. The number of fused-ring (bicyclic) bond motifs is 3. The minimum absolute atomic E-state index is 0.104. The van der Waals surface area contributed by atoms with E-state index in [9.17, 15) is 4.79 Å². The minimum atomic E-state index is -0.397. The first-order valence-electron chi connectivity index (χ1n) is 7.43. The van der Waals surface area contributed by atoms with E-state index in [0.29, 0.717) is 5.02 Å². The molecule has 0 saturated carbocycles. The molecule has 1 amide bonds. The van der Waals surface area contributed by atoms with E-state index in [2.05, 4.69) is 6.07 Å². The fraction of sp³-hybridized carbons (Fsp3) is 0.278. The van der Waals surface area contributed by atoms with Gasteiger partial charge in [0.25, 0.3) is 5.91 Å². The summed E-state index contributed by atoms with van der Waals surface area (Å²) >= 11 is 6.21. The molecule has 1 atom stereocenters. The first-order valence-corrected chi connectivity index (χ1v) is 7.81. The van der Waals surface area contributed by atoms with Gasteiger partial charge in [0, 0.05) is 17.1 Å². The Morgan fingerprint density at radius 2 is 2.09 bits per heavy atom. The molecular weight excluding hydrogens is 298 g/mol. The molecule has 2 heterocycles. The molecular formula is C18H16ClNO2. The quantitative estimate of drug-likeness (QED) is 0.843. The van der Waals surface area contributed by atoms with E-state index in [-0.39, 0.29) is 5.91 Å². The molecule has 1 unspecified atom stereocenters. The molecule has 2 aromatic rings. The van der Waals surface area contributed by atoms with E-state index in [1.54, 1.807) is 13.2 Å². The highest BCUT2D eigenvalue weighted by Gasteiger charge is 2.53. The van der Waals surface area contributed by atoms with Gasteiger partial charge in [-0.3, -0.25) is 4.79 Å². The van der Waals surface area contributed by atoms with Gasteiger partial charge in [-0.05, 0) is 54.3 Å². The lowest BCUT2D eigenvalue weighted by molar-refractivity contribution is 0.0711. The summed E-state index contributed by atoms with van der Waals surface area (Å²) < 4.78 is 5.37. The van der Waals surface area contributed by atoms with Gasteiger partial charge in [0.15, 0.2) is 0 Å². The summed E-state index contributed by atoms with van der Waals surface area (Å²) in [7, 11) is 1.66. The van der Waals surface area contributed by atoms with Gasteiger partial charge < -0.3 is 9.64 Å². The highest BCUT2D eigenvalue weighted by molar-refractivity contribution is 6.30. The van der Waals surface area contributed by atoms with Crippen LogP contribution in [0.1, 0.15) is 34.3 Å². The van der Waals surface area contributed by atoms with Crippen LogP contribution in [0.3, 0.4) is 0 Å². The minimum Gasteiger partial charge on any atom is -0.497 e. The Balaban J connectivity index is 1.99. The Kier molecular flexibility index (Phi) is 2.95. The van der Waals surface area contributed by atoms with Gasteiger partial charge in [0.1, 0.15) is 5.75 Å². The van der Waals surface area contributed by atoms with Crippen LogP contribution < -0.4 is 4.74 Å². The van der Waals surface area contributed by atoms with Crippen LogP contribution in [0, 0.1) is 0 Å². The number of rotatable bonds is 2. The molecule has 3 nitrogen and oxygen atoms in total. The topological polar surface area (TPSA) is 29.5 Å². The van der Waals surface area contributed by atoms with Crippen LogP contribution in [-0.4, -0.2) is 24.5 Å². The predicted molar refractivity (Wildman–Crippen MR) is 85.5 cm³/mol. The fourth-order valence-electron chi connectivity index (χ4n) is 3.90. The lowest BCUT2D eigenvalue weighted by atomic mass is 9.81. The van der Waals surface area contributed by atoms with Crippen LogP contribution in [0.15, 0.2) is 42.5 Å². The van der Waals surface area contributed by atoms with Crippen molar-refractivity contribution in [2.24, 2.45) is 0 Å². The van der Waals surface area contributed by atoms with Crippen LogP contribution in [0.5, 0.6) is 5.75 Å². The highest BCUT2D eigenvalue weighted by Crippen LogP contribution is 2.51. The number of halogens is 1. The van der Waals surface area contributed by atoms with Gasteiger partial charge in [-0.2, -0.15) is 0 Å². The zero-order chi connectivity index (χ0) is 15.3. The largest absolute Gasteiger partial charge is 0.497 e. The van der Waals surface area contributed by atoms with Crippen LogP contribution in [0.2, 0.25) is 5.02 Å². The zero-order valence-electron chi connectivity index (χ0n) is 12.3. The van der Waals surface area contributed by atoms with Crippen LogP contribution in [0.25, 0.3) is 0 Å². The summed E-state index contributed by atoms with van der Waals surface area (Å²) in [4.78, 5) is 14.8. The summed E-state index contributed by atoms with van der Waals surface area (Å²) in [6.45, 7) is 0.780. The third-order valence-corrected chi connectivity index (χ3v) is 5.07. The van der Waals surface area contributed by atoms with Gasteiger partial charge in [0.05, 0.1) is 12.6 Å². The van der Waals surface area contributed by atoms with E-state index in [1.807, 2.05) is 35.2 Å². The van der Waals surface area contributed by atoms with E-state index in [4.69, 9.17) is 16.3 Å². The molecule has 112 valence electrons. The van der Waals surface area contributed by atoms with Crippen molar-refractivity contribution < 1.29 is 9.53 Å². The van der Waals surface area contributed by atoms with Crippen molar-refractivity contribution in [3.05, 3.63) is 64.2 Å². The standard InChI is InChI=1S/C18H16ClNO2/c1-22-14-5-2-4-12(10-14)18-8-3-9-20(18)17(21)15-7-6-13(19)11-16(15)18/h2,4-7,10-11H,3,8-9H2,1H3. The van der Waals surface area contributed by atoms with Crippen LogP contribution in [-0.2, 0) is 5.54 Å². The molecule has 2 aliphatic heterocycles. The monoisotopic (exact) mass is 313 g/mol. The van der Waals surface area contributed by atoms with Crippen molar-refractivity contribution in [2.75, 3.05) is 13.7 Å². The Morgan fingerprint density at radius 1 is 1.23 bits per heavy atom. The third-order valence-electron chi connectivity index (χ3n) is 4.83. The maximum Gasteiger partial charge on any atom is 0.255 e. The molecule has 0 spiro atoms. The fourth-order valence-corrected chi connectivity index (χ4v) is 4.07. The number of hydrogen-bond acceptors (Lipinski definition) is 2.